The Kier molecular flexibility index (Phi) is 7.04. The number of hydrogen-bond donors (Lipinski definition) is 0. The summed E-state index contributed by atoms with van der Waals surface area (Å²) in [7, 11) is 0. The lowest BCUT2D eigenvalue weighted by Crippen LogP contribution is -2.34. The number of nitrogens with zero attached hydrogens (tertiary/aromatic N) is 2. The van der Waals surface area contributed by atoms with E-state index in [0.717, 1.165) is 77.8 Å². The first-order valence-electron chi connectivity index (χ1n) is 17.7. The van der Waals surface area contributed by atoms with Crippen molar-refractivity contribution in [1.82, 2.24) is 9.97 Å². The standard InChI is InChI=1S/C49H32N2O/c1-4-17-35(18-5-1)44-32-45(51-48(50-44)36-19-6-2-7-20-36)37-21-14-24-39(31-37)49(38-22-8-3-9-23-38)42-29-27-33-15-10-12-25-40(33)46(42)52-47-41-26-13-11-16-34(41)28-30-43(47)49/h1-32H. The summed E-state index contributed by atoms with van der Waals surface area (Å²) < 4.78 is 7.13. The molecule has 0 fully saturated rings. The van der Waals surface area contributed by atoms with E-state index in [4.69, 9.17) is 14.7 Å². The van der Waals surface area contributed by atoms with Crippen molar-refractivity contribution in [1.29, 1.82) is 0 Å². The lowest BCUT2D eigenvalue weighted by atomic mass is 9.63. The SMILES string of the molecule is c1ccc(-c2cc(-c3cccc(C4(c5ccccc5)c5ccc6ccccc6c5Oc5c4ccc4ccccc54)c3)nc(-c3ccccc3)n2)cc1. The highest BCUT2D eigenvalue weighted by Gasteiger charge is 2.46. The van der Waals surface area contributed by atoms with Crippen molar-refractivity contribution < 1.29 is 4.74 Å². The number of rotatable bonds is 5. The zero-order valence-corrected chi connectivity index (χ0v) is 28.3. The Hall–Kier alpha value is -6.84. The Balaban J connectivity index is 1.28. The van der Waals surface area contributed by atoms with Crippen LogP contribution in [-0.4, -0.2) is 9.97 Å². The number of ether oxygens (including phenoxy) is 1. The van der Waals surface area contributed by atoms with Gasteiger partial charge in [-0.15, -0.1) is 0 Å². The summed E-state index contributed by atoms with van der Waals surface area (Å²) in [6.45, 7) is 0. The topological polar surface area (TPSA) is 35.0 Å². The minimum absolute atomic E-state index is 0.694. The lowest BCUT2D eigenvalue weighted by molar-refractivity contribution is 0.445. The third kappa shape index (κ3) is 4.74. The fourth-order valence-electron chi connectivity index (χ4n) is 8.00. The molecule has 9 aromatic rings. The summed E-state index contributed by atoms with van der Waals surface area (Å²) in [5.41, 5.74) is 8.59. The summed E-state index contributed by atoms with van der Waals surface area (Å²) in [5, 5.41) is 4.46. The Morgan fingerprint density at radius 2 is 0.846 bits per heavy atom. The molecule has 1 aliphatic heterocycles. The van der Waals surface area contributed by atoms with Crippen LogP contribution in [0.5, 0.6) is 11.5 Å². The molecule has 0 saturated carbocycles. The molecule has 0 unspecified atom stereocenters. The van der Waals surface area contributed by atoms with Crippen LogP contribution in [0.3, 0.4) is 0 Å². The summed E-state index contributed by atoms with van der Waals surface area (Å²) in [6, 6.07) is 68.5. The fraction of sp³-hybridized carbons (Fsp3) is 0.0204. The van der Waals surface area contributed by atoms with Gasteiger partial charge in [0, 0.05) is 38.6 Å². The van der Waals surface area contributed by atoms with Crippen LogP contribution in [0.1, 0.15) is 22.3 Å². The molecule has 1 aromatic heterocycles. The van der Waals surface area contributed by atoms with Crippen molar-refractivity contribution in [2.24, 2.45) is 0 Å². The van der Waals surface area contributed by atoms with Crippen LogP contribution in [0, 0.1) is 0 Å². The first-order chi connectivity index (χ1) is 25.8. The highest BCUT2D eigenvalue weighted by Crippen LogP contribution is 2.58. The predicted molar refractivity (Wildman–Crippen MR) is 212 cm³/mol. The molecule has 0 bridgehead atoms. The van der Waals surface area contributed by atoms with Crippen molar-refractivity contribution >= 4 is 21.5 Å². The van der Waals surface area contributed by atoms with E-state index in [9.17, 15) is 0 Å². The van der Waals surface area contributed by atoms with E-state index in [-0.39, 0.29) is 0 Å². The lowest BCUT2D eigenvalue weighted by Gasteiger charge is -2.42. The van der Waals surface area contributed by atoms with Gasteiger partial charge >= 0.3 is 0 Å². The van der Waals surface area contributed by atoms with Gasteiger partial charge < -0.3 is 4.74 Å². The molecule has 52 heavy (non-hydrogen) atoms. The molecule has 244 valence electrons. The molecule has 0 atom stereocenters. The van der Waals surface area contributed by atoms with Crippen molar-refractivity contribution in [3.05, 3.63) is 216 Å². The number of fused-ring (bicyclic) bond motifs is 6. The Labute approximate surface area is 302 Å². The van der Waals surface area contributed by atoms with Crippen molar-refractivity contribution in [3.8, 4) is 45.4 Å². The van der Waals surface area contributed by atoms with Gasteiger partial charge in [0.15, 0.2) is 5.82 Å². The number of aromatic nitrogens is 2. The van der Waals surface area contributed by atoms with Crippen molar-refractivity contribution in [2.75, 3.05) is 0 Å². The van der Waals surface area contributed by atoms with E-state index in [1.54, 1.807) is 0 Å². The molecule has 2 heterocycles. The third-order valence-electron chi connectivity index (χ3n) is 10.4. The van der Waals surface area contributed by atoms with Crippen LogP contribution >= 0.6 is 0 Å². The molecule has 0 N–H and O–H groups in total. The van der Waals surface area contributed by atoms with Crippen molar-refractivity contribution in [2.45, 2.75) is 5.41 Å². The van der Waals surface area contributed by atoms with Crippen LogP contribution < -0.4 is 4.74 Å². The van der Waals surface area contributed by atoms with Gasteiger partial charge in [-0.3, -0.25) is 0 Å². The quantitative estimate of drug-likeness (QED) is 0.184. The van der Waals surface area contributed by atoms with E-state index >= 15 is 0 Å². The van der Waals surface area contributed by atoms with Crippen LogP contribution in [-0.2, 0) is 5.41 Å². The van der Waals surface area contributed by atoms with E-state index in [2.05, 4.69) is 170 Å². The van der Waals surface area contributed by atoms with Crippen molar-refractivity contribution in [3.63, 3.8) is 0 Å². The smallest absolute Gasteiger partial charge is 0.160 e. The van der Waals surface area contributed by atoms with Gasteiger partial charge in [0.05, 0.1) is 16.8 Å². The molecule has 10 rings (SSSR count). The first kappa shape index (κ1) is 30.0. The van der Waals surface area contributed by atoms with Gasteiger partial charge in [-0.05, 0) is 34.0 Å². The zero-order valence-electron chi connectivity index (χ0n) is 28.3. The monoisotopic (exact) mass is 664 g/mol. The van der Waals surface area contributed by atoms with Gasteiger partial charge in [-0.25, -0.2) is 9.97 Å². The van der Waals surface area contributed by atoms with Crippen LogP contribution in [0.4, 0.5) is 0 Å². The Morgan fingerprint density at radius 1 is 0.365 bits per heavy atom. The zero-order chi connectivity index (χ0) is 34.5. The molecule has 0 aliphatic carbocycles. The average molecular weight is 665 g/mol. The van der Waals surface area contributed by atoms with Crippen LogP contribution in [0.2, 0.25) is 0 Å². The maximum atomic E-state index is 7.13. The second-order valence-electron chi connectivity index (χ2n) is 13.3. The molecule has 0 spiro atoms. The van der Waals surface area contributed by atoms with Crippen LogP contribution in [0.25, 0.3) is 55.4 Å². The second-order valence-corrected chi connectivity index (χ2v) is 13.3. The van der Waals surface area contributed by atoms with E-state index in [0.29, 0.717) is 5.82 Å². The second kappa shape index (κ2) is 12.2. The van der Waals surface area contributed by atoms with Gasteiger partial charge in [0.2, 0.25) is 0 Å². The fourth-order valence-corrected chi connectivity index (χ4v) is 8.00. The predicted octanol–water partition coefficient (Wildman–Crippen LogP) is 12.3. The summed E-state index contributed by atoms with van der Waals surface area (Å²) in [6.07, 6.45) is 0. The average Bonchev–Trinajstić information content (AvgIpc) is 3.23. The molecular weight excluding hydrogens is 633 g/mol. The van der Waals surface area contributed by atoms with Gasteiger partial charge in [0.1, 0.15) is 11.5 Å². The molecule has 0 amide bonds. The largest absolute Gasteiger partial charge is 0.455 e. The highest BCUT2D eigenvalue weighted by molar-refractivity contribution is 5.97. The van der Waals surface area contributed by atoms with E-state index in [1.165, 1.54) is 5.56 Å². The number of benzene rings is 8. The Morgan fingerprint density at radius 3 is 1.46 bits per heavy atom. The molecule has 0 radical (unpaired) electrons. The summed E-state index contributed by atoms with van der Waals surface area (Å²) >= 11 is 0. The van der Waals surface area contributed by atoms with E-state index in [1.807, 2.05) is 24.3 Å². The molecule has 8 aromatic carbocycles. The molecule has 0 saturated heterocycles. The maximum Gasteiger partial charge on any atom is 0.160 e. The molecular formula is C49H32N2O. The summed E-state index contributed by atoms with van der Waals surface area (Å²) in [5.74, 6) is 2.46. The third-order valence-corrected chi connectivity index (χ3v) is 10.4. The first-order valence-corrected chi connectivity index (χ1v) is 17.7. The molecule has 1 aliphatic rings. The van der Waals surface area contributed by atoms with Gasteiger partial charge in [-0.1, -0.05) is 182 Å². The van der Waals surface area contributed by atoms with Crippen LogP contribution in [0.15, 0.2) is 194 Å². The van der Waals surface area contributed by atoms with Gasteiger partial charge in [-0.2, -0.15) is 0 Å². The normalized spacial score (nSPS) is 12.9. The number of hydrogen-bond acceptors (Lipinski definition) is 3. The molecule has 3 nitrogen and oxygen atoms in total. The highest BCUT2D eigenvalue weighted by atomic mass is 16.5. The summed E-state index contributed by atoms with van der Waals surface area (Å²) in [4.78, 5) is 10.3. The minimum Gasteiger partial charge on any atom is -0.455 e. The Bertz CT molecular complexity index is 2620. The van der Waals surface area contributed by atoms with E-state index < -0.39 is 5.41 Å². The molecule has 3 heteroatoms. The maximum absolute atomic E-state index is 7.13. The van der Waals surface area contributed by atoms with Gasteiger partial charge in [0.25, 0.3) is 0 Å². The minimum atomic E-state index is -0.703.